The van der Waals surface area contributed by atoms with Crippen molar-refractivity contribution in [1.29, 1.82) is 0 Å². The van der Waals surface area contributed by atoms with Gasteiger partial charge in [0.1, 0.15) is 0 Å². The van der Waals surface area contributed by atoms with Crippen molar-refractivity contribution in [3.63, 3.8) is 0 Å². The molecular weight excluding hydrogens is 354 g/mol. The summed E-state index contributed by atoms with van der Waals surface area (Å²) in [6, 6.07) is 17.3. The maximum atomic E-state index is 13.1. The molecule has 0 aliphatic carbocycles. The van der Waals surface area contributed by atoms with Crippen molar-refractivity contribution in [1.82, 2.24) is 4.98 Å². The Balaban J connectivity index is 1.60. The van der Waals surface area contributed by atoms with Gasteiger partial charge in [0.2, 0.25) is 11.8 Å². The van der Waals surface area contributed by atoms with Gasteiger partial charge in [0, 0.05) is 31.6 Å². The number of nitrogens with zero attached hydrogens (tertiary/aromatic N) is 3. The summed E-state index contributed by atoms with van der Waals surface area (Å²) in [5, 5.41) is 2.07. The number of hydrogen-bond acceptors (Lipinski definition) is 4. The van der Waals surface area contributed by atoms with Gasteiger partial charge in [-0.3, -0.25) is 14.5 Å². The molecule has 1 saturated heterocycles. The first kappa shape index (κ1) is 18.0. The number of anilines is 2. The molecule has 0 unspecified atom stereocenters. The van der Waals surface area contributed by atoms with Gasteiger partial charge in [-0.05, 0) is 23.6 Å². The number of hydrogen-bond donors (Lipinski definition) is 0. The van der Waals surface area contributed by atoms with Gasteiger partial charge in [0.15, 0.2) is 11.6 Å². The zero-order valence-corrected chi connectivity index (χ0v) is 15.8. The SMILES string of the molecule is COc1cccnc1N(C)C(=O)[C@@H]1CC(=O)N(c2cccc3ccccc23)C1. The molecule has 0 spiro atoms. The van der Waals surface area contributed by atoms with Crippen molar-refractivity contribution < 1.29 is 14.3 Å². The van der Waals surface area contributed by atoms with E-state index in [0.29, 0.717) is 18.1 Å². The van der Waals surface area contributed by atoms with Crippen LogP contribution in [0, 0.1) is 5.92 Å². The highest BCUT2D eigenvalue weighted by Crippen LogP contribution is 2.33. The molecular formula is C22H21N3O3. The van der Waals surface area contributed by atoms with Gasteiger partial charge in [-0.2, -0.15) is 0 Å². The van der Waals surface area contributed by atoms with E-state index in [1.165, 1.54) is 4.90 Å². The number of carbonyl (C=O) groups is 2. The smallest absolute Gasteiger partial charge is 0.233 e. The minimum absolute atomic E-state index is 0.0453. The van der Waals surface area contributed by atoms with Gasteiger partial charge in [0.05, 0.1) is 18.7 Å². The highest BCUT2D eigenvalue weighted by Gasteiger charge is 2.37. The van der Waals surface area contributed by atoms with Crippen molar-refractivity contribution >= 4 is 34.1 Å². The Hall–Kier alpha value is -3.41. The lowest BCUT2D eigenvalue weighted by molar-refractivity contribution is -0.124. The van der Waals surface area contributed by atoms with Crippen molar-refractivity contribution in [3.8, 4) is 5.75 Å². The standard InChI is InChI=1S/C22H21N3O3/c1-24(21-19(28-2)11-6-12-23-21)22(27)16-13-20(26)25(14-16)18-10-5-8-15-7-3-4-9-17(15)18/h3-12,16H,13-14H2,1-2H3/t16-/m1/s1. The van der Waals surface area contributed by atoms with E-state index in [1.54, 1.807) is 37.4 Å². The first-order chi connectivity index (χ1) is 13.6. The van der Waals surface area contributed by atoms with Gasteiger partial charge in [-0.1, -0.05) is 36.4 Å². The molecule has 1 fully saturated rings. The van der Waals surface area contributed by atoms with Crippen LogP contribution >= 0.6 is 0 Å². The predicted octanol–water partition coefficient (Wildman–Crippen LogP) is 3.26. The third kappa shape index (κ3) is 3.07. The predicted molar refractivity (Wildman–Crippen MR) is 109 cm³/mol. The number of benzene rings is 2. The van der Waals surface area contributed by atoms with Crippen molar-refractivity contribution in [3.05, 3.63) is 60.8 Å². The lowest BCUT2D eigenvalue weighted by Crippen LogP contribution is -2.35. The second-order valence-corrected chi connectivity index (χ2v) is 6.83. The summed E-state index contributed by atoms with van der Waals surface area (Å²) < 4.78 is 5.31. The Morgan fingerprint density at radius 1 is 1.14 bits per heavy atom. The van der Waals surface area contributed by atoms with Gasteiger partial charge >= 0.3 is 0 Å². The largest absolute Gasteiger partial charge is 0.493 e. The lowest BCUT2D eigenvalue weighted by Gasteiger charge is -2.22. The zero-order chi connectivity index (χ0) is 19.7. The quantitative estimate of drug-likeness (QED) is 0.702. The number of methoxy groups -OCH3 is 1. The lowest BCUT2D eigenvalue weighted by atomic mass is 10.1. The second kappa shape index (κ2) is 7.31. The number of carbonyl (C=O) groups excluding carboxylic acids is 2. The summed E-state index contributed by atoms with van der Waals surface area (Å²) in [6.45, 7) is 0.352. The van der Waals surface area contributed by atoms with E-state index < -0.39 is 5.92 Å². The van der Waals surface area contributed by atoms with Gasteiger partial charge in [-0.15, -0.1) is 0 Å². The van der Waals surface area contributed by atoms with Gasteiger partial charge in [0.25, 0.3) is 0 Å². The third-order valence-electron chi connectivity index (χ3n) is 5.15. The average Bonchev–Trinajstić information content (AvgIpc) is 3.13. The van der Waals surface area contributed by atoms with E-state index in [1.807, 2.05) is 42.5 Å². The molecule has 2 aromatic carbocycles. The Bertz CT molecular complexity index is 1040. The zero-order valence-electron chi connectivity index (χ0n) is 15.8. The monoisotopic (exact) mass is 375 g/mol. The minimum atomic E-state index is -0.428. The number of ether oxygens (including phenoxy) is 1. The molecule has 4 rings (SSSR count). The van der Waals surface area contributed by atoms with Crippen LogP contribution in [-0.4, -0.2) is 37.5 Å². The molecule has 2 heterocycles. The number of amides is 2. The fourth-order valence-electron chi connectivity index (χ4n) is 3.72. The maximum absolute atomic E-state index is 13.1. The molecule has 28 heavy (non-hydrogen) atoms. The van der Waals surface area contributed by atoms with Crippen LogP contribution in [0.2, 0.25) is 0 Å². The second-order valence-electron chi connectivity index (χ2n) is 6.83. The molecule has 2 amide bonds. The van der Waals surface area contributed by atoms with E-state index in [2.05, 4.69) is 4.98 Å². The van der Waals surface area contributed by atoms with Crippen LogP contribution in [0.1, 0.15) is 6.42 Å². The normalized spacial score (nSPS) is 16.4. The summed E-state index contributed by atoms with van der Waals surface area (Å²) >= 11 is 0. The molecule has 0 radical (unpaired) electrons. The number of aromatic nitrogens is 1. The molecule has 1 aliphatic rings. The molecule has 3 aromatic rings. The van der Waals surface area contributed by atoms with Crippen LogP contribution in [0.15, 0.2) is 60.8 Å². The molecule has 0 N–H and O–H groups in total. The molecule has 0 saturated carbocycles. The van der Waals surface area contributed by atoms with Crippen LogP contribution in [0.3, 0.4) is 0 Å². The molecule has 1 aromatic heterocycles. The summed E-state index contributed by atoms with van der Waals surface area (Å²) in [6.07, 6.45) is 1.80. The number of rotatable bonds is 4. The Morgan fingerprint density at radius 2 is 1.93 bits per heavy atom. The number of pyridine rings is 1. The van der Waals surface area contributed by atoms with E-state index in [-0.39, 0.29) is 18.2 Å². The molecule has 1 atom stereocenters. The van der Waals surface area contributed by atoms with Crippen molar-refractivity contribution in [2.24, 2.45) is 5.92 Å². The van der Waals surface area contributed by atoms with Gasteiger partial charge < -0.3 is 9.64 Å². The van der Waals surface area contributed by atoms with E-state index >= 15 is 0 Å². The third-order valence-corrected chi connectivity index (χ3v) is 5.15. The molecule has 0 bridgehead atoms. The van der Waals surface area contributed by atoms with Crippen molar-refractivity contribution in [2.75, 3.05) is 30.5 Å². The maximum Gasteiger partial charge on any atom is 0.233 e. The van der Waals surface area contributed by atoms with E-state index in [0.717, 1.165) is 16.5 Å². The topological polar surface area (TPSA) is 62.7 Å². The Morgan fingerprint density at radius 3 is 2.75 bits per heavy atom. The summed E-state index contributed by atoms with van der Waals surface area (Å²) in [4.78, 5) is 33.2. The minimum Gasteiger partial charge on any atom is -0.493 e. The van der Waals surface area contributed by atoms with Crippen LogP contribution in [0.25, 0.3) is 10.8 Å². The van der Waals surface area contributed by atoms with Crippen LogP contribution in [0.4, 0.5) is 11.5 Å². The Kier molecular flexibility index (Phi) is 4.69. The fourth-order valence-corrected chi connectivity index (χ4v) is 3.72. The number of fused-ring (bicyclic) bond motifs is 1. The van der Waals surface area contributed by atoms with E-state index in [9.17, 15) is 9.59 Å². The average molecular weight is 375 g/mol. The van der Waals surface area contributed by atoms with Crippen LogP contribution in [-0.2, 0) is 9.59 Å². The Labute approximate surface area is 163 Å². The molecule has 6 heteroatoms. The summed E-state index contributed by atoms with van der Waals surface area (Å²) in [7, 11) is 3.21. The molecule has 1 aliphatic heterocycles. The fraction of sp³-hybridized carbons (Fsp3) is 0.227. The van der Waals surface area contributed by atoms with Crippen molar-refractivity contribution in [2.45, 2.75) is 6.42 Å². The first-order valence-corrected chi connectivity index (χ1v) is 9.15. The van der Waals surface area contributed by atoms with E-state index in [4.69, 9.17) is 4.74 Å². The first-order valence-electron chi connectivity index (χ1n) is 9.15. The molecule has 142 valence electrons. The summed E-state index contributed by atoms with van der Waals surface area (Å²) in [5.74, 6) is 0.354. The van der Waals surface area contributed by atoms with Gasteiger partial charge in [-0.25, -0.2) is 4.98 Å². The highest BCUT2D eigenvalue weighted by atomic mass is 16.5. The summed E-state index contributed by atoms with van der Waals surface area (Å²) in [5.41, 5.74) is 0.844. The highest BCUT2D eigenvalue weighted by molar-refractivity contribution is 6.08. The molecule has 6 nitrogen and oxygen atoms in total. The van der Waals surface area contributed by atoms with Crippen LogP contribution in [0.5, 0.6) is 5.75 Å². The van der Waals surface area contributed by atoms with Crippen LogP contribution < -0.4 is 14.5 Å².